The van der Waals surface area contributed by atoms with Crippen molar-refractivity contribution in [2.75, 3.05) is 11.5 Å². The van der Waals surface area contributed by atoms with Gasteiger partial charge in [0, 0.05) is 24.5 Å². The fraction of sp³-hybridized carbons (Fsp3) is 0.500. The molecule has 1 aromatic heterocycles. The molecule has 3 heteroatoms. The summed E-state index contributed by atoms with van der Waals surface area (Å²) in [4.78, 5) is 4.27. The molecule has 0 bridgehead atoms. The van der Waals surface area contributed by atoms with Crippen LogP contribution in [0.1, 0.15) is 12.1 Å². The Morgan fingerprint density at radius 3 is 3.23 bits per heavy atom. The van der Waals surface area contributed by atoms with Crippen LogP contribution >= 0.6 is 11.8 Å². The van der Waals surface area contributed by atoms with Crippen molar-refractivity contribution < 1.29 is 0 Å². The van der Waals surface area contributed by atoms with Gasteiger partial charge in [0.25, 0.3) is 0 Å². The molecule has 1 aliphatic heterocycles. The van der Waals surface area contributed by atoms with E-state index in [1.165, 1.54) is 17.9 Å². The van der Waals surface area contributed by atoms with E-state index in [0.29, 0.717) is 6.04 Å². The molecule has 2 heterocycles. The molecule has 1 saturated heterocycles. The Hall–Kier alpha value is -0.540. The maximum atomic E-state index is 4.27. The average molecular weight is 194 g/mol. The van der Waals surface area contributed by atoms with Crippen LogP contribution in [0.2, 0.25) is 0 Å². The molecule has 1 atom stereocenters. The van der Waals surface area contributed by atoms with Crippen molar-refractivity contribution in [2.24, 2.45) is 0 Å². The Bertz CT molecular complexity index is 244. The van der Waals surface area contributed by atoms with Crippen molar-refractivity contribution in [3.63, 3.8) is 0 Å². The topological polar surface area (TPSA) is 24.9 Å². The molecule has 0 radical (unpaired) electrons. The SMILES string of the molecule is c1ccc(CN[C@@H]2CCSC2)nc1. The van der Waals surface area contributed by atoms with Gasteiger partial charge < -0.3 is 5.32 Å². The normalized spacial score (nSPS) is 22.0. The first-order chi connectivity index (χ1) is 6.45. The molecule has 13 heavy (non-hydrogen) atoms. The van der Waals surface area contributed by atoms with E-state index in [1.807, 2.05) is 30.1 Å². The molecule has 2 nitrogen and oxygen atoms in total. The van der Waals surface area contributed by atoms with Gasteiger partial charge in [-0.3, -0.25) is 4.98 Å². The van der Waals surface area contributed by atoms with Crippen LogP contribution in [0, 0.1) is 0 Å². The van der Waals surface area contributed by atoms with Crippen LogP contribution in [0.4, 0.5) is 0 Å². The van der Waals surface area contributed by atoms with Gasteiger partial charge in [0.05, 0.1) is 5.69 Å². The summed E-state index contributed by atoms with van der Waals surface area (Å²) in [5.41, 5.74) is 1.14. The largest absolute Gasteiger partial charge is 0.308 e. The fourth-order valence-electron chi connectivity index (χ4n) is 1.45. The minimum absolute atomic E-state index is 0.701. The second-order valence-corrected chi connectivity index (χ2v) is 4.41. The minimum Gasteiger partial charge on any atom is -0.308 e. The van der Waals surface area contributed by atoms with Crippen molar-refractivity contribution in [3.8, 4) is 0 Å². The van der Waals surface area contributed by atoms with Crippen LogP contribution in [0.5, 0.6) is 0 Å². The van der Waals surface area contributed by atoms with Crippen LogP contribution in [0.15, 0.2) is 24.4 Å². The molecule has 0 aromatic carbocycles. The zero-order valence-electron chi connectivity index (χ0n) is 7.57. The number of hydrogen-bond donors (Lipinski definition) is 1. The first kappa shape index (κ1) is 9.03. The van der Waals surface area contributed by atoms with E-state index in [1.54, 1.807) is 0 Å². The molecular formula is C10H14N2S. The van der Waals surface area contributed by atoms with Crippen molar-refractivity contribution in [3.05, 3.63) is 30.1 Å². The monoisotopic (exact) mass is 194 g/mol. The Labute approximate surface area is 83.1 Å². The van der Waals surface area contributed by atoms with Crippen molar-refractivity contribution in [1.82, 2.24) is 10.3 Å². The van der Waals surface area contributed by atoms with E-state index in [2.05, 4.69) is 16.4 Å². The summed E-state index contributed by atoms with van der Waals surface area (Å²) < 4.78 is 0. The first-order valence-electron chi connectivity index (χ1n) is 4.66. The smallest absolute Gasteiger partial charge is 0.0541 e. The van der Waals surface area contributed by atoms with Crippen LogP contribution in [-0.4, -0.2) is 22.5 Å². The van der Waals surface area contributed by atoms with Crippen molar-refractivity contribution in [1.29, 1.82) is 0 Å². The quantitative estimate of drug-likeness (QED) is 0.792. The van der Waals surface area contributed by atoms with Gasteiger partial charge in [0.1, 0.15) is 0 Å². The molecule has 0 aliphatic carbocycles. The Kier molecular flexibility index (Phi) is 3.22. The number of rotatable bonds is 3. The molecule has 0 spiro atoms. The highest BCUT2D eigenvalue weighted by Crippen LogP contribution is 2.17. The number of aromatic nitrogens is 1. The van der Waals surface area contributed by atoms with Gasteiger partial charge in [0.15, 0.2) is 0 Å². The van der Waals surface area contributed by atoms with Crippen molar-refractivity contribution >= 4 is 11.8 Å². The predicted molar refractivity (Wildman–Crippen MR) is 56.8 cm³/mol. The highest BCUT2D eigenvalue weighted by Gasteiger charge is 2.14. The zero-order chi connectivity index (χ0) is 8.93. The third-order valence-electron chi connectivity index (χ3n) is 2.23. The molecule has 1 N–H and O–H groups in total. The fourth-order valence-corrected chi connectivity index (χ4v) is 2.63. The summed E-state index contributed by atoms with van der Waals surface area (Å²) in [6, 6.07) is 6.75. The summed E-state index contributed by atoms with van der Waals surface area (Å²) in [6.45, 7) is 0.909. The lowest BCUT2D eigenvalue weighted by molar-refractivity contribution is 0.552. The van der Waals surface area contributed by atoms with Crippen LogP contribution < -0.4 is 5.32 Å². The highest BCUT2D eigenvalue weighted by molar-refractivity contribution is 7.99. The Balaban J connectivity index is 1.79. The molecule has 0 amide bonds. The Morgan fingerprint density at radius 2 is 2.54 bits per heavy atom. The average Bonchev–Trinajstić information content (AvgIpc) is 2.69. The predicted octanol–water partition coefficient (Wildman–Crippen LogP) is 1.68. The summed E-state index contributed by atoms with van der Waals surface area (Å²) in [5.74, 6) is 2.56. The van der Waals surface area contributed by atoms with E-state index < -0.39 is 0 Å². The summed E-state index contributed by atoms with van der Waals surface area (Å²) >= 11 is 2.03. The van der Waals surface area contributed by atoms with Crippen LogP contribution in [0.3, 0.4) is 0 Å². The summed E-state index contributed by atoms with van der Waals surface area (Å²) in [6.07, 6.45) is 3.15. The molecule has 1 fully saturated rings. The Morgan fingerprint density at radius 1 is 1.54 bits per heavy atom. The van der Waals surface area contributed by atoms with Gasteiger partial charge in [-0.1, -0.05) is 6.07 Å². The second kappa shape index (κ2) is 4.63. The van der Waals surface area contributed by atoms with E-state index in [9.17, 15) is 0 Å². The molecule has 0 saturated carbocycles. The van der Waals surface area contributed by atoms with Gasteiger partial charge in [0.2, 0.25) is 0 Å². The molecular weight excluding hydrogens is 180 g/mol. The number of nitrogens with zero attached hydrogens (tertiary/aromatic N) is 1. The number of nitrogens with one attached hydrogen (secondary N) is 1. The number of thioether (sulfide) groups is 1. The summed E-state index contributed by atoms with van der Waals surface area (Å²) in [7, 11) is 0. The van der Waals surface area contributed by atoms with E-state index in [-0.39, 0.29) is 0 Å². The lowest BCUT2D eigenvalue weighted by Crippen LogP contribution is -2.28. The second-order valence-electron chi connectivity index (χ2n) is 3.26. The zero-order valence-corrected chi connectivity index (χ0v) is 8.39. The molecule has 1 aliphatic rings. The van der Waals surface area contributed by atoms with E-state index in [4.69, 9.17) is 0 Å². The standard InChI is InChI=1S/C10H14N2S/c1-2-5-11-9(3-1)7-12-10-4-6-13-8-10/h1-3,5,10,12H,4,6-8H2/t10-/m1/s1. The molecule has 70 valence electrons. The minimum atomic E-state index is 0.701. The van der Waals surface area contributed by atoms with Gasteiger partial charge in [-0.2, -0.15) is 11.8 Å². The maximum Gasteiger partial charge on any atom is 0.0541 e. The third kappa shape index (κ3) is 2.71. The molecule has 1 aromatic rings. The van der Waals surface area contributed by atoms with Gasteiger partial charge in [-0.25, -0.2) is 0 Å². The first-order valence-corrected chi connectivity index (χ1v) is 5.81. The lowest BCUT2D eigenvalue weighted by atomic mass is 10.2. The number of pyridine rings is 1. The molecule has 2 rings (SSSR count). The maximum absolute atomic E-state index is 4.27. The third-order valence-corrected chi connectivity index (χ3v) is 3.39. The summed E-state index contributed by atoms with van der Waals surface area (Å²) in [5, 5.41) is 3.51. The number of hydrogen-bond acceptors (Lipinski definition) is 3. The van der Waals surface area contributed by atoms with Crippen molar-refractivity contribution in [2.45, 2.75) is 19.0 Å². The van der Waals surface area contributed by atoms with Gasteiger partial charge in [-0.05, 0) is 24.3 Å². The van der Waals surface area contributed by atoms with Crippen LogP contribution in [0.25, 0.3) is 0 Å². The van der Waals surface area contributed by atoms with E-state index in [0.717, 1.165) is 12.2 Å². The van der Waals surface area contributed by atoms with E-state index >= 15 is 0 Å². The molecule has 0 unspecified atom stereocenters. The van der Waals surface area contributed by atoms with Crippen LogP contribution in [-0.2, 0) is 6.54 Å². The highest BCUT2D eigenvalue weighted by atomic mass is 32.2. The lowest BCUT2D eigenvalue weighted by Gasteiger charge is -2.09. The van der Waals surface area contributed by atoms with Gasteiger partial charge in [-0.15, -0.1) is 0 Å². The van der Waals surface area contributed by atoms with Gasteiger partial charge >= 0.3 is 0 Å².